The van der Waals surface area contributed by atoms with E-state index >= 15 is 0 Å². The highest BCUT2D eigenvalue weighted by Gasteiger charge is 2.38. The van der Waals surface area contributed by atoms with Gasteiger partial charge in [0.15, 0.2) is 5.82 Å². The normalized spacial score (nSPS) is 15.7. The van der Waals surface area contributed by atoms with Crippen molar-refractivity contribution in [3.05, 3.63) is 35.5 Å². The summed E-state index contributed by atoms with van der Waals surface area (Å²) in [6, 6.07) is 5.92. The van der Waals surface area contributed by atoms with Crippen molar-refractivity contribution in [2.75, 3.05) is 24.3 Å². The molecule has 1 aliphatic carbocycles. The number of rotatable bonds is 7. The van der Waals surface area contributed by atoms with Gasteiger partial charge in [0.05, 0.1) is 0 Å². The van der Waals surface area contributed by atoms with Crippen molar-refractivity contribution >= 4 is 23.2 Å². The van der Waals surface area contributed by atoms with Crippen LogP contribution in [-0.4, -0.2) is 36.1 Å². The topological polar surface area (TPSA) is 100 Å². The first kappa shape index (κ1) is 22.8. The van der Waals surface area contributed by atoms with Crippen LogP contribution in [0.25, 0.3) is 0 Å². The third-order valence-electron chi connectivity index (χ3n) is 5.83. The summed E-state index contributed by atoms with van der Waals surface area (Å²) >= 11 is 0. The van der Waals surface area contributed by atoms with Gasteiger partial charge in [-0.05, 0) is 43.5 Å². The van der Waals surface area contributed by atoms with Gasteiger partial charge in [-0.1, -0.05) is 30.8 Å². The summed E-state index contributed by atoms with van der Waals surface area (Å²) in [5.74, 6) is 0.740. The summed E-state index contributed by atoms with van der Waals surface area (Å²) in [6.07, 6.45) is 6.50. The van der Waals surface area contributed by atoms with E-state index in [-0.39, 0.29) is 18.2 Å². The highest BCUT2D eigenvalue weighted by Crippen LogP contribution is 2.34. The zero-order valence-electron chi connectivity index (χ0n) is 19.0. The lowest BCUT2D eigenvalue weighted by Crippen LogP contribution is -2.45. The first-order valence-corrected chi connectivity index (χ1v) is 11.0. The third-order valence-corrected chi connectivity index (χ3v) is 5.83. The van der Waals surface area contributed by atoms with Gasteiger partial charge in [0.25, 0.3) is 0 Å². The summed E-state index contributed by atoms with van der Waals surface area (Å²) in [4.78, 5) is 30.9. The molecule has 1 saturated carbocycles. The number of carbonyl (C=O) groups excluding carboxylic acids is 2. The van der Waals surface area contributed by atoms with Crippen LogP contribution in [0.5, 0.6) is 0 Å². The molecule has 0 spiro atoms. The van der Waals surface area contributed by atoms with Gasteiger partial charge < -0.3 is 20.1 Å². The van der Waals surface area contributed by atoms with Gasteiger partial charge >= 0.3 is 0 Å². The molecule has 0 radical (unpaired) electrons. The largest absolute Gasteiger partial charge is 0.378 e. The maximum Gasteiger partial charge on any atom is 0.227 e. The number of carbonyl (C=O) groups is 2. The van der Waals surface area contributed by atoms with Gasteiger partial charge in [-0.25, -0.2) is 0 Å². The number of amides is 2. The van der Waals surface area contributed by atoms with Crippen LogP contribution in [0.3, 0.4) is 0 Å². The minimum atomic E-state index is -0.572. The zero-order valence-corrected chi connectivity index (χ0v) is 19.0. The Bertz CT molecular complexity index is 914. The fraction of sp³-hybridized carbons (Fsp3) is 0.565. The van der Waals surface area contributed by atoms with Crippen LogP contribution in [-0.2, 0) is 21.5 Å². The molecule has 168 valence electrons. The molecule has 3 rings (SSSR count). The van der Waals surface area contributed by atoms with Crippen LogP contribution in [0, 0.1) is 6.92 Å². The quantitative estimate of drug-likeness (QED) is 0.654. The Morgan fingerprint density at radius 3 is 2.48 bits per heavy atom. The van der Waals surface area contributed by atoms with Crippen LogP contribution >= 0.6 is 0 Å². The maximum atomic E-state index is 12.5. The lowest BCUT2D eigenvalue weighted by molar-refractivity contribution is -0.121. The second kappa shape index (κ2) is 9.94. The van der Waals surface area contributed by atoms with Crippen molar-refractivity contribution in [1.29, 1.82) is 0 Å². The molecule has 1 fully saturated rings. The molecule has 2 aromatic rings. The molecule has 8 nitrogen and oxygen atoms in total. The summed E-state index contributed by atoms with van der Waals surface area (Å²) in [5, 5.41) is 10.2. The van der Waals surface area contributed by atoms with Crippen molar-refractivity contribution in [3.8, 4) is 0 Å². The molecule has 2 N–H and O–H groups in total. The second-order valence-corrected chi connectivity index (χ2v) is 8.63. The standard InChI is InChI=1S/C23H33N5O3/c1-16-15-18(28(3)4)9-10-19(16)24-20(30)11-12-21-25-22(27-31-21)23(26-17(2)29)13-7-5-6-8-14-23/h9-10,15H,5-8,11-14H2,1-4H3,(H,24,30)(H,26,29). The van der Waals surface area contributed by atoms with Crippen LogP contribution in [0.4, 0.5) is 11.4 Å². The van der Waals surface area contributed by atoms with E-state index in [1.807, 2.05) is 44.1 Å². The molecule has 31 heavy (non-hydrogen) atoms. The number of hydrogen-bond acceptors (Lipinski definition) is 6. The van der Waals surface area contributed by atoms with Crippen molar-refractivity contribution in [2.45, 2.75) is 70.8 Å². The van der Waals surface area contributed by atoms with Crippen molar-refractivity contribution in [3.63, 3.8) is 0 Å². The van der Waals surface area contributed by atoms with Gasteiger partial charge in [0.1, 0.15) is 5.54 Å². The average molecular weight is 428 g/mol. The maximum absolute atomic E-state index is 12.5. The average Bonchev–Trinajstić information content (AvgIpc) is 3.08. The molecule has 8 heteroatoms. The number of nitrogens with one attached hydrogen (secondary N) is 2. The number of hydrogen-bond donors (Lipinski definition) is 2. The van der Waals surface area contributed by atoms with E-state index in [9.17, 15) is 9.59 Å². The molecule has 0 saturated heterocycles. The first-order chi connectivity index (χ1) is 14.8. The Morgan fingerprint density at radius 1 is 1.16 bits per heavy atom. The van der Waals surface area contributed by atoms with Gasteiger partial charge in [-0.15, -0.1) is 0 Å². The number of nitrogens with zero attached hydrogens (tertiary/aromatic N) is 3. The molecule has 1 aromatic carbocycles. The molecule has 0 unspecified atom stereocenters. The van der Waals surface area contributed by atoms with Gasteiger partial charge in [0.2, 0.25) is 17.7 Å². The Kier molecular flexibility index (Phi) is 7.30. The second-order valence-electron chi connectivity index (χ2n) is 8.63. The third kappa shape index (κ3) is 5.83. The van der Waals surface area contributed by atoms with Crippen molar-refractivity contribution in [1.82, 2.24) is 15.5 Å². The molecule has 1 aliphatic rings. The van der Waals surface area contributed by atoms with E-state index < -0.39 is 5.54 Å². The van der Waals surface area contributed by atoms with Gasteiger partial charge in [-0.2, -0.15) is 4.98 Å². The Hall–Kier alpha value is -2.90. The summed E-state index contributed by atoms with van der Waals surface area (Å²) in [6.45, 7) is 3.49. The van der Waals surface area contributed by atoms with E-state index in [2.05, 4.69) is 20.8 Å². The molecular weight excluding hydrogens is 394 g/mol. The van der Waals surface area contributed by atoms with Crippen molar-refractivity contribution < 1.29 is 14.1 Å². The molecule has 0 aliphatic heterocycles. The fourth-order valence-corrected chi connectivity index (χ4v) is 4.12. The monoisotopic (exact) mass is 427 g/mol. The van der Waals surface area contributed by atoms with Crippen LogP contribution in [0.1, 0.15) is 69.1 Å². The predicted octanol–water partition coefficient (Wildman–Crippen LogP) is 3.70. The lowest BCUT2D eigenvalue weighted by atomic mass is 9.89. The molecule has 2 amide bonds. The van der Waals surface area contributed by atoms with E-state index in [4.69, 9.17) is 4.52 Å². The van der Waals surface area contributed by atoms with Crippen LogP contribution < -0.4 is 15.5 Å². The highest BCUT2D eigenvalue weighted by molar-refractivity contribution is 5.91. The zero-order chi connectivity index (χ0) is 22.4. The lowest BCUT2D eigenvalue weighted by Gasteiger charge is -2.30. The Balaban J connectivity index is 1.62. The van der Waals surface area contributed by atoms with Crippen LogP contribution in [0.2, 0.25) is 0 Å². The van der Waals surface area contributed by atoms with E-state index in [1.165, 1.54) is 6.92 Å². The van der Waals surface area contributed by atoms with Gasteiger partial charge in [-0.3, -0.25) is 9.59 Å². The number of anilines is 2. The van der Waals surface area contributed by atoms with E-state index in [1.54, 1.807) is 0 Å². The molecule has 0 atom stereocenters. The first-order valence-electron chi connectivity index (χ1n) is 11.0. The molecule has 0 bridgehead atoms. The number of benzene rings is 1. The molecular formula is C23H33N5O3. The Morgan fingerprint density at radius 2 is 1.87 bits per heavy atom. The van der Waals surface area contributed by atoms with E-state index in [0.29, 0.717) is 18.1 Å². The van der Waals surface area contributed by atoms with Crippen molar-refractivity contribution in [2.24, 2.45) is 0 Å². The smallest absolute Gasteiger partial charge is 0.227 e. The number of aromatic nitrogens is 2. The predicted molar refractivity (Wildman–Crippen MR) is 120 cm³/mol. The molecule has 1 aromatic heterocycles. The Labute approximate surface area is 183 Å². The summed E-state index contributed by atoms with van der Waals surface area (Å²) in [5.41, 5.74) is 2.31. The minimum absolute atomic E-state index is 0.0942. The summed E-state index contributed by atoms with van der Waals surface area (Å²) in [7, 11) is 3.97. The number of aryl methyl sites for hydroxylation is 2. The fourth-order valence-electron chi connectivity index (χ4n) is 4.12. The minimum Gasteiger partial charge on any atom is -0.378 e. The van der Waals surface area contributed by atoms with E-state index in [0.717, 1.165) is 55.5 Å². The van der Waals surface area contributed by atoms with Gasteiger partial charge in [0, 0.05) is 45.2 Å². The molecule has 1 heterocycles. The highest BCUT2D eigenvalue weighted by atomic mass is 16.5. The SMILES string of the molecule is CC(=O)NC1(c2noc(CCC(=O)Nc3ccc(N(C)C)cc3C)n2)CCCCCC1. The van der Waals surface area contributed by atoms with Crippen LogP contribution in [0.15, 0.2) is 22.7 Å². The summed E-state index contributed by atoms with van der Waals surface area (Å²) < 4.78 is 5.43.